The molecule has 1 unspecified atom stereocenters. The van der Waals surface area contributed by atoms with Crippen LogP contribution >= 0.6 is 11.3 Å². The summed E-state index contributed by atoms with van der Waals surface area (Å²) >= 11 is 1.57. The number of thiophene rings is 1. The summed E-state index contributed by atoms with van der Waals surface area (Å²) in [6, 6.07) is 9.45. The molecule has 0 N–H and O–H groups in total. The summed E-state index contributed by atoms with van der Waals surface area (Å²) in [4.78, 5) is 12.3. The van der Waals surface area contributed by atoms with E-state index in [9.17, 15) is 4.79 Å². The number of carbonyl (C=O) groups is 1. The first-order chi connectivity index (χ1) is 8.80. The zero-order chi connectivity index (χ0) is 13.0. The lowest BCUT2D eigenvalue weighted by Gasteiger charge is -2.13. The van der Waals surface area contributed by atoms with E-state index < -0.39 is 0 Å². The fourth-order valence-corrected chi connectivity index (χ4v) is 2.63. The van der Waals surface area contributed by atoms with Crippen LogP contribution in [0.25, 0.3) is 0 Å². The predicted molar refractivity (Wildman–Crippen MR) is 71.8 cm³/mol. The first-order valence-corrected chi connectivity index (χ1v) is 6.38. The quantitative estimate of drug-likeness (QED) is 0.777. The Balaban J connectivity index is 2.40. The molecule has 0 saturated carbocycles. The van der Waals surface area contributed by atoms with Gasteiger partial charge < -0.3 is 14.3 Å². The SMILES string of the molecule is COc1ccc(C(C=O)c2cccs2)cc1OC. The monoisotopic (exact) mass is 262 g/mol. The summed E-state index contributed by atoms with van der Waals surface area (Å²) in [5.41, 5.74) is 0.908. The van der Waals surface area contributed by atoms with Crippen LogP contribution in [0.15, 0.2) is 35.7 Å². The van der Waals surface area contributed by atoms with Crippen molar-refractivity contribution in [3.63, 3.8) is 0 Å². The van der Waals surface area contributed by atoms with Crippen molar-refractivity contribution in [1.29, 1.82) is 0 Å². The Morgan fingerprint density at radius 1 is 1.17 bits per heavy atom. The highest BCUT2D eigenvalue weighted by Crippen LogP contribution is 2.33. The molecule has 0 fully saturated rings. The molecule has 1 aromatic carbocycles. The molecule has 1 atom stereocenters. The molecule has 1 heterocycles. The van der Waals surface area contributed by atoms with Crippen LogP contribution in [0, 0.1) is 0 Å². The summed E-state index contributed by atoms with van der Waals surface area (Å²) in [7, 11) is 3.18. The van der Waals surface area contributed by atoms with Crippen molar-refractivity contribution >= 4 is 17.6 Å². The molecule has 0 aliphatic heterocycles. The average Bonchev–Trinajstić information content (AvgIpc) is 2.93. The van der Waals surface area contributed by atoms with Crippen LogP contribution in [0.3, 0.4) is 0 Å². The highest BCUT2D eigenvalue weighted by molar-refractivity contribution is 7.10. The highest BCUT2D eigenvalue weighted by atomic mass is 32.1. The molecule has 2 aromatic rings. The minimum atomic E-state index is -0.246. The van der Waals surface area contributed by atoms with E-state index in [0.717, 1.165) is 16.7 Å². The second-order valence-electron chi connectivity index (χ2n) is 3.74. The van der Waals surface area contributed by atoms with Gasteiger partial charge in [-0.05, 0) is 29.1 Å². The van der Waals surface area contributed by atoms with Crippen molar-refractivity contribution in [1.82, 2.24) is 0 Å². The number of carbonyl (C=O) groups excluding carboxylic acids is 1. The zero-order valence-electron chi connectivity index (χ0n) is 10.3. The third-order valence-corrected chi connectivity index (χ3v) is 3.71. The third kappa shape index (κ3) is 2.38. The summed E-state index contributed by atoms with van der Waals surface area (Å²) in [6.07, 6.45) is 0.951. The fourth-order valence-electron chi connectivity index (χ4n) is 1.82. The minimum Gasteiger partial charge on any atom is -0.493 e. The number of hydrogen-bond donors (Lipinski definition) is 0. The van der Waals surface area contributed by atoms with E-state index in [1.54, 1.807) is 25.6 Å². The van der Waals surface area contributed by atoms with E-state index >= 15 is 0 Å². The Hall–Kier alpha value is -1.81. The summed E-state index contributed by atoms with van der Waals surface area (Å²) in [5.74, 6) is 1.06. The van der Waals surface area contributed by atoms with Gasteiger partial charge in [0.2, 0.25) is 0 Å². The van der Waals surface area contributed by atoms with Gasteiger partial charge in [-0.2, -0.15) is 0 Å². The molecule has 0 aliphatic carbocycles. The van der Waals surface area contributed by atoms with Gasteiger partial charge in [0.15, 0.2) is 11.5 Å². The normalized spacial score (nSPS) is 11.9. The van der Waals surface area contributed by atoms with Gasteiger partial charge in [0.25, 0.3) is 0 Å². The predicted octanol–water partition coefficient (Wildman–Crippen LogP) is 3.10. The average molecular weight is 262 g/mol. The van der Waals surface area contributed by atoms with Crippen molar-refractivity contribution in [2.24, 2.45) is 0 Å². The number of ether oxygens (including phenoxy) is 2. The van der Waals surface area contributed by atoms with Gasteiger partial charge in [0.05, 0.1) is 20.1 Å². The Morgan fingerprint density at radius 3 is 2.50 bits per heavy atom. The van der Waals surface area contributed by atoms with Gasteiger partial charge in [-0.1, -0.05) is 12.1 Å². The first kappa shape index (κ1) is 12.6. The van der Waals surface area contributed by atoms with Crippen LogP contribution in [0.1, 0.15) is 16.4 Å². The van der Waals surface area contributed by atoms with Crippen molar-refractivity contribution in [2.45, 2.75) is 5.92 Å². The molecule has 0 amide bonds. The van der Waals surface area contributed by atoms with Crippen LogP contribution in [-0.2, 0) is 4.79 Å². The largest absolute Gasteiger partial charge is 0.493 e. The molecule has 0 aliphatic rings. The van der Waals surface area contributed by atoms with E-state index in [4.69, 9.17) is 9.47 Å². The number of rotatable bonds is 5. The Bertz CT molecular complexity index is 520. The number of hydrogen-bond acceptors (Lipinski definition) is 4. The van der Waals surface area contributed by atoms with Crippen LogP contribution in [0.5, 0.6) is 11.5 Å². The van der Waals surface area contributed by atoms with Gasteiger partial charge in [-0.25, -0.2) is 0 Å². The molecule has 0 bridgehead atoms. The van der Waals surface area contributed by atoms with Crippen LogP contribution in [0.2, 0.25) is 0 Å². The molecular formula is C14H14O3S. The lowest BCUT2D eigenvalue weighted by Crippen LogP contribution is -2.01. The van der Waals surface area contributed by atoms with E-state index in [1.807, 2.05) is 35.7 Å². The summed E-state index contributed by atoms with van der Waals surface area (Å²) in [6.45, 7) is 0. The Morgan fingerprint density at radius 2 is 1.94 bits per heavy atom. The number of methoxy groups -OCH3 is 2. The summed E-state index contributed by atoms with van der Waals surface area (Å²) in [5, 5.41) is 1.96. The van der Waals surface area contributed by atoms with Gasteiger partial charge in [-0.3, -0.25) is 0 Å². The van der Waals surface area contributed by atoms with E-state index in [1.165, 1.54) is 0 Å². The molecule has 18 heavy (non-hydrogen) atoms. The van der Waals surface area contributed by atoms with Crippen molar-refractivity contribution in [2.75, 3.05) is 14.2 Å². The fraction of sp³-hybridized carbons (Fsp3) is 0.214. The molecule has 0 saturated heterocycles. The van der Waals surface area contributed by atoms with Crippen LogP contribution < -0.4 is 9.47 Å². The lowest BCUT2D eigenvalue weighted by atomic mass is 9.98. The Labute approximate surface area is 110 Å². The number of benzene rings is 1. The Kier molecular flexibility index (Phi) is 3.99. The molecule has 4 heteroatoms. The van der Waals surface area contributed by atoms with Crippen molar-refractivity contribution in [3.8, 4) is 11.5 Å². The zero-order valence-corrected chi connectivity index (χ0v) is 11.1. The van der Waals surface area contributed by atoms with E-state index in [-0.39, 0.29) is 5.92 Å². The molecule has 2 rings (SSSR count). The maximum Gasteiger partial charge on any atom is 0.161 e. The third-order valence-electron chi connectivity index (χ3n) is 2.75. The van der Waals surface area contributed by atoms with Gasteiger partial charge in [-0.15, -0.1) is 11.3 Å². The maximum atomic E-state index is 11.3. The topological polar surface area (TPSA) is 35.5 Å². The van der Waals surface area contributed by atoms with E-state index in [2.05, 4.69) is 0 Å². The van der Waals surface area contributed by atoms with Crippen molar-refractivity contribution in [3.05, 3.63) is 46.2 Å². The second-order valence-corrected chi connectivity index (χ2v) is 4.72. The smallest absolute Gasteiger partial charge is 0.161 e. The molecule has 1 aromatic heterocycles. The highest BCUT2D eigenvalue weighted by Gasteiger charge is 2.16. The standard InChI is InChI=1S/C14H14O3S/c1-16-12-6-5-10(8-13(12)17-2)11(9-15)14-4-3-7-18-14/h3-9,11H,1-2H3. The summed E-state index contributed by atoms with van der Waals surface area (Å²) < 4.78 is 10.4. The lowest BCUT2D eigenvalue weighted by molar-refractivity contribution is -0.108. The second kappa shape index (κ2) is 5.69. The maximum absolute atomic E-state index is 11.3. The van der Waals surface area contributed by atoms with Crippen LogP contribution in [0.4, 0.5) is 0 Å². The molecular weight excluding hydrogens is 248 g/mol. The van der Waals surface area contributed by atoms with Crippen LogP contribution in [-0.4, -0.2) is 20.5 Å². The molecule has 3 nitrogen and oxygen atoms in total. The minimum absolute atomic E-state index is 0.246. The number of aldehydes is 1. The molecule has 0 radical (unpaired) electrons. The molecule has 94 valence electrons. The van der Waals surface area contributed by atoms with Gasteiger partial charge >= 0.3 is 0 Å². The van der Waals surface area contributed by atoms with Crippen molar-refractivity contribution < 1.29 is 14.3 Å². The van der Waals surface area contributed by atoms with Gasteiger partial charge in [0, 0.05) is 4.88 Å². The van der Waals surface area contributed by atoms with E-state index in [0.29, 0.717) is 11.5 Å². The van der Waals surface area contributed by atoms with Gasteiger partial charge in [0.1, 0.15) is 6.29 Å². The first-order valence-electron chi connectivity index (χ1n) is 5.50. The molecule has 0 spiro atoms.